The average molecular weight is 275 g/mol. The summed E-state index contributed by atoms with van der Waals surface area (Å²) in [5, 5.41) is 9.44. The highest BCUT2D eigenvalue weighted by Crippen LogP contribution is 2.19. The van der Waals surface area contributed by atoms with Crippen molar-refractivity contribution >= 4 is 12.3 Å². The van der Waals surface area contributed by atoms with E-state index < -0.39 is 0 Å². The Morgan fingerprint density at radius 2 is 1.95 bits per heavy atom. The Balaban J connectivity index is 2.80. The van der Waals surface area contributed by atoms with Gasteiger partial charge in [0.1, 0.15) is 5.75 Å². The fraction of sp³-hybridized carbons (Fsp3) is 0.471. The van der Waals surface area contributed by atoms with Gasteiger partial charge < -0.3 is 9.84 Å². The minimum atomic E-state index is -0.339. The van der Waals surface area contributed by atoms with E-state index in [1.165, 1.54) is 0 Å². The number of rotatable bonds is 7. The first-order valence-corrected chi connectivity index (χ1v) is 7.07. The second-order valence-electron chi connectivity index (χ2n) is 5.01. The third-order valence-electron chi connectivity index (χ3n) is 3.64. The molecule has 0 aliphatic heterocycles. The predicted molar refractivity (Wildman–Crippen MR) is 85.7 cm³/mol. The molecule has 0 heterocycles. The summed E-state index contributed by atoms with van der Waals surface area (Å²) in [5.74, 6) is 0.855. The lowest BCUT2D eigenvalue weighted by atomic mass is 9.95. The fourth-order valence-electron chi connectivity index (χ4n) is 2.04. The molecule has 0 aromatic heterocycles. The number of ether oxygens (including phenoxy) is 1. The topological polar surface area (TPSA) is 41.8 Å². The average Bonchev–Trinajstić information content (AvgIpc) is 2.47. The number of methoxy groups -OCH3 is 1. The largest absolute Gasteiger partial charge is 0.497 e. The van der Waals surface area contributed by atoms with Gasteiger partial charge in [-0.2, -0.15) is 0 Å². The van der Waals surface area contributed by atoms with Crippen molar-refractivity contribution in [1.29, 1.82) is 0 Å². The van der Waals surface area contributed by atoms with Gasteiger partial charge in [-0.3, -0.25) is 4.99 Å². The zero-order valence-electron chi connectivity index (χ0n) is 12.9. The summed E-state index contributed by atoms with van der Waals surface area (Å²) in [6, 6.07) is 6.07. The molecule has 0 fully saturated rings. The molecule has 0 atom stereocenters. The van der Waals surface area contributed by atoms with Crippen LogP contribution in [0.4, 0.5) is 0 Å². The Kier molecular flexibility index (Phi) is 6.46. The van der Waals surface area contributed by atoms with Crippen molar-refractivity contribution in [3.8, 4) is 5.75 Å². The van der Waals surface area contributed by atoms with E-state index in [0.717, 1.165) is 29.7 Å². The number of allylic oxidation sites excluding steroid dienone is 1. The first-order chi connectivity index (χ1) is 9.59. The Labute approximate surface area is 122 Å². The Morgan fingerprint density at radius 3 is 2.50 bits per heavy atom. The van der Waals surface area contributed by atoms with Crippen LogP contribution in [0.15, 0.2) is 29.3 Å². The number of aliphatic hydroxyl groups is 1. The van der Waals surface area contributed by atoms with E-state index in [1.807, 2.05) is 45.1 Å². The Bertz CT molecular complexity index is 466. The first-order valence-electron chi connectivity index (χ1n) is 7.07. The smallest absolute Gasteiger partial charge is 0.119 e. The van der Waals surface area contributed by atoms with Crippen LogP contribution in [0.5, 0.6) is 5.75 Å². The highest BCUT2D eigenvalue weighted by Gasteiger charge is 2.22. The van der Waals surface area contributed by atoms with E-state index in [1.54, 1.807) is 13.3 Å². The van der Waals surface area contributed by atoms with Gasteiger partial charge in [-0.25, -0.2) is 0 Å². The van der Waals surface area contributed by atoms with Crippen molar-refractivity contribution in [3.63, 3.8) is 0 Å². The van der Waals surface area contributed by atoms with E-state index in [2.05, 4.69) is 11.1 Å². The standard InChI is InChI=1S/C17H25NO2/c1-5-17(6-2,13-19)18-9-7-8-15-10-14(3)11-16(12-15)20-4/h7-12,19H,5-6,13H2,1-4H3/b8-7+,18-9?. The molecule has 0 unspecified atom stereocenters. The van der Waals surface area contributed by atoms with Crippen LogP contribution in [0.25, 0.3) is 6.08 Å². The number of aryl methyl sites for hydroxylation is 1. The fourth-order valence-corrected chi connectivity index (χ4v) is 2.04. The molecule has 3 heteroatoms. The van der Waals surface area contributed by atoms with Crippen LogP contribution in [0, 0.1) is 6.92 Å². The van der Waals surface area contributed by atoms with Crippen molar-refractivity contribution in [3.05, 3.63) is 35.4 Å². The van der Waals surface area contributed by atoms with Crippen LogP contribution in [0.1, 0.15) is 37.8 Å². The van der Waals surface area contributed by atoms with E-state index in [0.29, 0.717) is 0 Å². The summed E-state index contributed by atoms with van der Waals surface area (Å²) in [7, 11) is 1.67. The molecule has 0 aliphatic rings. The zero-order chi connectivity index (χ0) is 15.0. The first kappa shape index (κ1) is 16.4. The highest BCUT2D eigenvalue weighted by molar-refractivity contribution is 5.78. The quantitative estimate of drug-likeness (QED) is 0.772. The lowest BCUT2D eigenvalue weighted by Gasteiger charge is -2.23. The second kappa shape index (κ2) is 7.85. The van der Waals surface area contributed by atoms with Gasteiger partial charge in [0, 0.05) is 6.21 Å². The summed E-state index contributed by atoms with van der Waals surface area (Å²) in [6.45, 7) is 6.22. The minimum absolute atomic E-state index is 0.0859. The van der Waals surface area contributed by atoms with E-state index in [-0.39, 0.29) is 12.1 Å². The molecule has 0 aliphatic carbocycles. The molecule has 3 nitrogen and oxygen atoms in total. The molecule has 1 rings (SSSR count). The highest BCUT2D eigenvalue weighted by atomic mass is 16.5. The molecule has 20 heavy (non-hydrogen) atoms. The van der Waals surface area contributed by atoms with Gasteiger partial charge in [-0.05, 0) is 49.1 Å². The third kappa shape index (κ3) is 4.49. The monoisotopic (exact) mass is 275 g/mol. The lowest BCUT2D eigenvalue weighted by Crippen LogP contribution is -2.29. The van der Waals surface area contributed by atoms with Gasteiger partial charge in [-0.1, -0.05) is 26.0 Å². The van der Waals surface area contributed by atoms with Gasteiger partial charge in [0.2, 0.25) is 0 Å². The second-order valence-corrected chi connectivity index (χ2v) is 5.01. The van der Waals surface area contributed by atoms with E-state index >= 15 is 0 Å². The number of aliphatic imine (C=N–C) groups is 1. The third-order valence-corrected chi connectivity index (χ3v) is 3.64. The normalized spacial score (nSPS) is 12.4. The van der Waals surface area contributed by atoms with Crippen molar-refractivity contribution in [2.45, 2.75) is 39.2 Å². The molecular formula is C17H25NO2. The number of aliphatic hydroxyl groups excluding tert-OH is 1. The van der Waals surface area contributed by atoms with Crippen LogP contribution >= 0.6 is 0 Å². The molecule has 0 saturated heterocycles. The van der Waals surface area contributed by atoms with Gasteiger partial charge in [0.25, 0.3) is 0 Å². The van der Waals surface area contributed by atoms with Crippen molar-refractivity contribution < 1.29 is 9.84 Å². The number of hydrogen-bond donors (Lipinski definition) is 1. The summed E-state index contributed by atoms with van der Waals surface area (Å²) in [6.07, 6.45) is 7.35. The van der Waals surface area contributed by atoms with Crippen molar-refractivity contribution in [2.24, 2.45) is 4.99 Å². The molecule has 110 valence electrons. The number of nitrogens with zero attached hydrogens (tertiary/aromatic N) is 1. The number of hydrogen-bond acceptors (Lipinski definition) is 3. The van der Waals surface area contributed by atoms with Crippen LogP contribution < -0.4 is 4.74 Å². The maximum absolute atomic E-state index is 9.44. The van der Waals surface area contributed by atoms with Gasteiger partial charge >= 0.3 is 0 Å². The minimum Gasteiger partial charge on any atom is -0.497 e. The molecule has 0 spiro atoms. The van der Waals surface area contributed by atoms with Crippen molar-refractivity contribution in [1.82, 2.24) is 0 Å². The van der Waals surface area contributed by atoms with Crippen molar-refractivity contribution in [2.75, 3.05) is 13.7 Å². The molecular weight excluding hydrogens is 250 g/mol. The van der Waals surface area contributed by atoms with Gasteiger partial charge in [0.15, 0.2) is 0 Å². The predicted octanol–water partition coefficient (Wildman–Crippen LogP) is 3.64. The maximum atomic E-state index is 9.44. The molecule has 1 aromatic rings. The summed E-state index contributed by atoms with van der Waals surface area (Å²) in [5.41, 5.74) is 1.90. The molecule has 0 radical (unpaired) electrons. The van der Waals surface area contributed by atoms with Crippen LogP contribution in [-0.2, 0) is 0 Å². The molecule has 1 aromatic carbocycles. The molecule has 1 N–H and O–H groups in total. The van der Waals surface area contributed by atoms with E-state index in [9.17, 15) is 5.11 Å². The SMILES string of the molecule is CCC(CC)(CO)N=C/C=C/c1cc(C)cc(OC)c1. The van der Waals surface area contributed by atoms with Gasteiger partial charge in [-0.15, -0.1) is 0 Å². The molecule has 0 saturated carbocycles. The van der Waals surface area contributed by atoms with Crippen LogP contribution in [0.2, 0.25) is 0 Å². The summed E-state index contributed by atoms with van der Waals surface area (Å²) < 4.78 is 5.25. The number of benzene rings is 1. The Morgan fingerprint density at radius 1 is 1.25 bits per heavy atom. The maximum Gasteiger partial charge on any atom is 0.119 e. The Hall–Kier alpha value is -1.61. The molecule has 0 bridgehead atoms. The van der Waals surface area contributed by atoms with E-state index in [4.69, 9.17) is 4.74 Å². The molecule has 0 amide bonds. The zero-order valence-corrected chi connectivity index (χ0v) is 12.9. The summed E-state index contributed by atoms with van der Waals surface area (Å²) >= 11 is 0. The van der Waals surface area contributed by atoms with Crippen LogP contribution in [0.3, 0.4) is 0 Å². The van der Waals surface area contributed by atoms with Crippen LogP contribution in [-0.4, -0.2) is 30.6 Å². The van der Waals surface area contributed by atoms with Gasteiger partial charge in [0.05, 0.1) is 19.3 Å². The summed E-state index contributed by atoms with van der Waals surface area (Å²) in [4.78, 5) is 4.50. The lowest BCUT2D eigenvalue weighted by molar-refractivity contribution is 0.189.